The summed E-state index contributed by atoms with van der Waals surface area (Å²) in [7, 11) is 0. The number of amides is 1. The molecule has 4 rings (SSSR count). The summed E-state index contributed by atoms with van der Waals surface area (Å²) >= 11 is 0. The van der Waals surface area contributed by atoms with Crippen molar-refractivity contribution in [1.29, 1.82) is 0 Å². The van der Waals surface area contributed by atoms with Gasteiger partial charge < -0.3 is 15.2 Å². The molecule has 0 unspecified atom stereocenters. The van der Waals surface area contributed by atoms with Gasteiger partial charge in [0.2, 0.25) is 5.60 Å². The number of carbonyl (C=O) groups is 1. The van der Waals surface area contributed by atoms with E-state index >= 15 is 0 Å². The third-order valence-corrected chi connectivity index (χ3v) is 5.55. The third kappa shape index (κ3) is 4.71. The van der Waals surface area contributed by atoms with Gasteiger partial charge in [-0.3, -0.25) is 9.89 Å². The lowest BCUT2D eigenvalue weighted by atomic mass is 9.95. The Bertz CT molecular complexity index is 1410. The lowest BCUT2D eigenvalue weighted by Gasteiger charge is -2.31. The molecule has 0 saturated carbocycles. The van der Waals surface area contributed by atoms with Gasteiger partial charge in [-0.1, -0.05) is 5.21 Å². The van der Waals surface area contributed by atoms with Crippen LogP contribution >= 0.6 is 0 Å². The van der Waals surface area contributed by atoms with Crippen molar-refractivity contribution in [2.24, 2.45) is 0 Å². The second kappa shape index (κ2) is 9.53. The van der Waals surface area contributed by atoms with Gasteiger partial charge in [0.05, 0.1) is 24.4 Å². The van der Waals surface area contributed by atoms with Crippen LogP contribution in [-0.4, -0.2) is 50.7 Å². The molecule has 0 fully saturated rings. The Morgan fingerprint density at radius 1 is 1.14 bits per heavy atom. The summed E-state index contributed by atoms with van der Waals surface area (Å²) in [6.07, 6.45) is -5.21. The van der Waals surface area contributed by atoms with Crippen molar-refractivity contribution < 1.29 is 32.2 Å². The number of nitrogens with zero attached hydrogens (tertiary/aromatic N) is 3. The van der Waals surface area contributed by atoms with E-state index in [9.17, 15) is 27.5 Å². The number of nitrogens with one attached hydrogen (secondary N) is 2. The number of aromatic nitrogens is 4. The van der Waals surface area contributed by atoms with Crippen LogP contribution in [0.25, 0.3) is 22.3 Å². The van der Waals surface area contributed by atoms with Crippen molar-refractivity contribution in [2.75, 3.05) is 13.2 Å². The molecule has 0 spiro atoms. The molecule has 4 aromatic rings. The molecule has 8 nitrogen and oxygen atoms in total. The molecule has 2 heterocycles. The van der Waals surface area contributed by atoms with Gasteiger partial charge in [-0.15, -0.1) is 5.10 Å². The van der Waals surface area contributed by atoms with Gasteiger partial charge in [0, 0.05) is 11.1 Å². The summed E-state index contributed by atoms with van der Waals surface area (Å²) in [6.45, 7) is 2.19. The van der Waals surface area contributed by atoms with E-state index in [4.69, 9.17) is 4.74 Å². The molecular weight excluding hydrogens is 482 g/mol. The number of rotatable bonds is 7. The zero-order valence-corrected chi connectivity index (χ0v) is 19.2. The standard InChI is InChI=1S/C24H21F4N5O3/c1-3-36-21-13(2)10-19(30-20(21)14-4-7-16(25)8-5-14)23(35,24(26,27)28)12-29-22(34)15-6-9-17-18(11-15)32-33-31-17/h4-11,35H,3,12H2,1-2H3,(H,29,34)(H,31,32,33)/t23-/m0/s1. The summed E-state index contributed by atoms with van der Waals surface area (Å²) in [5.41, 5.74) is -2.80. The normalized spacial score (nSPS) is 13.4. The van der Waals surface area contributed by atoms with Crippen LogP contribution in [0.1, 0.15) is 28.5 Å². The summed E-state index contributed by atoms with van der Waals surface area (Å²) in [6, 6.07) is 10.3. The Hall–Kier alpha value is -4.06. The molecule has 3 N–H and O–H groups in total. The van der Waals surface area contributed by atoms with Gasteiger partial charge >= 0.3 is 6.18 Å². The van der Waals surface area contributed by atoms with Crippen LogP contribution in [0, 0.1) is 12.7 Å². The highest BCUT2D eigenvalue weighted by Crippen LogP contribution is 2.41. The number of ether oxygens (including phenoxy) is 1. The number of hydrogen-bond donors (Lipinski definition) is 3. The zero-order valence-electron chi connectivity index (χ0n) is 19.2. The molecule has 0 radical (unpaired) electrons. The van der Waals surface area contributed by atoms with E-state index in [0.29, 0.717) is 16.6 Å². The topological polar surface area (TPSA) is 113 Å². The number of fused-ring (bicyclic) bond motifs is 1. The Labute approximate surface area is 202 Å². The number of aliphatic hydroxyl groups is 1. The van der Waals surface area contributed by atoms with E-state index in [1.165, 1.54) is 37.3 Å². The van der Waals surface area contributed by atoms with Crippen molar-refractivity contribution in [3.63, 3.8) is 0 Å². The number of H-pyrrole nitrogens is 1. The molecule has 188 valence electrons. The molecule has 0 bridgehead atoms. The Morgan fingerprint density at radius 2 is 1.86 bits per heavy atom. The minimum Gasteiger partial charge on any atom is -0.491 e. The number of hydrogen-bond acceptors (Lipinski definition) is 6. The molecule has 1 atom stereocenters. The lowest BCUT2D eigenvalue weighted by molar-refractivity contribution is -0.265. The molecule has 1 amide bonds. The molecule has 0 aliphatic rings. The van der Waals surface area contributed by atoms with E-state index in [2.05, 4.69) is 25.7 Å². The summed E-state index contributed by atoms with van der Waals surface area (Å²) in [5.74, 6) is -1.20. The van der Waals surface area contributed by atoms with E-state index in [1.54, 1.807) is 6.92 Å². The average Bonchev–Trinajstić information content (AvgIpc) is 3.31. The monoisotopic (exact) mass is 503 g/mol. The highest BCUT2D eigenvalue weighted by atomic mass is 19.4. The number of aromatic amines is 1. The second-order valence-corrected chi connectivity index (χ2v) is 8.03. The van der Waals surface area contributed by atoms with Gasteiger partial charge in [-0.05, 0) is 67.9 Å². The average molecular weight is 503 g/mol. The van der Waals surface area contributed by atoms with Crippen LogP contribution in [0.4, 0.5) is 17.6 Å². The maximum atomic E-state index is 14.2. The van der Waals surface area contributed by atoms with Crippen LogP contribution in [-0.2, 0) is 5.60 Å². The first-order valence-corrected chi connectivity index (χ1v) is 10.8. The minimum atomic E-state index is -5.21. The number of pyridine rings is 1. The third-order valence-electron chi connectivity index (χ3n) is 5.55. The van der Waals surface area contributed by atoms with Crippen molar-refractivity contribution in [1.82, 2.24) is 25.7 Å². The van der Waals surface area contributed by atoms with Crippen LogP contribution < -0.4 is 10.1 Å². The van der Waals surface area contributed by atoms with E-state index in [0.717, 1.165) is 18.2 Å². The fourth-order valence-electron chi connectivity index (χ4n) is 3.63. The Morgan fingerprint density at radius 3 is 2.53 bits per heavy atom. The second-order valence-electron chi connectivity index (χ2n) is 8.03. The fraction of sp³-hybridized carbons (Fsp3) is 0.250. The minimum absolute atomic E-state index is 0.00247. The summed E-state index contributed by atoms with van der Waals surface area (Å²) in [4.78, 5) is 16.7. The van der Waals surface area contributed by atoms with Crippen LogP contribution in [0.5, 0.6) is 5.75 Å². The SMILES string of the molecule is CCOc1c(C)cc([C@@](O)(CNC(=O)c2ccc3[nH]nnc3c2)C(F)(F)F)nc1-c1ccc(F)cc1. The number of alkyl halides is 3. The lowest BCUT2D eigenvalue weighted by Crippen LogP contribution is -2.51. The number of aryl methyl sites for hydroxylation is 1. The van der Waals surface area contributed by atoms with Crippen LogP contribution in [0.2, 0.25) is 0 Å². The highest BCUT2D eigenvalue weighted by Gasteiger charge is 2.56. The van der Waals surface area contributed by atoms with E-state index in [-0.39, 0.29) is 29.2 Å². The van der Waals surface area contributed by atoms with Crippen molar-refractivity contribution >= 4 is 16.9 Å². The molecule has 36 heavy (non-hydrogen) atoms. The molecule has 2 aromatic heterocycles. The summed E-state index contributed by atoms with van der Waals surface area (Å²) in [5, 5.41) is 23.0. The first-order chi connectivity index (χ1) is 17.0. The predicted molar refractivity (Wildman–Crippen MR) is 122 cm³/mol. The fourth-order valence-corrected chi connectivity index (χ4v) is 3.63. The molecular formula is C24H21F4N5O3. The van der Waals surface area contributed by atoms with Crippen molar-refractivity contribution in [2.45, 2.75) is 25.6 Å². The van der Waals surface area contributed by atoms with Gasteiger partial charge in [-0.2, -0.15) is 13.2 Å². The molecule has 0 aliphatic heterocycles. The van der Waals surface area contributed by atoms with Gasteiger partial charge in [0.15, 0.2) is 0 Å². The van der Waals surface area contributed by atoms with Crippen LogP contribution in [0.15, 0.2) is 48.5 Å². The van der Waals surface area contributed by atoms with Gasteiger partial charge in [0.25, 0.3) is 5.91 Å². The van der Waals surface area contributed by atoms with Crippen molar-refractivity contribution in [3.05, 3.63) is 71.2 Å². The molecule has 12 heteroatoms. The van der Waals surface area contributed by atoms with Crippen molar-refractivity contribution in [3.8, 4) is 17.0 Å². The number of benzene rings is 2. The highest BCUT2D eigenvalue weighted by molar-refractivity contribution is 5.97. The van der Waals surface area contributed by atoms with Gasteiger partial charge in [-0.25, -0.2) is 9.37 Å². The maximum Gasteiger partial charge on any atom is 0.424 e. The molecule has 0 aliphatic carbocycles. The smallest absolute Gasteiger partial charge is 0.424 e. The van der Waals surface area contributed by atoms with Crippen LogP contribution in [0.3, 0.4) is 0 Å². The number of carbonyl (C=O) groups excluding carboxylic acids is 1. The number of halogens is 4. The Kier molecular flexibility index (Phi) is 6.63. The summed E-state index contributed by atoms with van der Waals surface area (Å²) < 4.78 is 61.7. The Balaban J connectivity index is 1.72. The first kappa shape index (κ1) is 25.0. The molecule has 0 saturated heterocycles. The molecule has 2 aromatic carbocycles. The van der Waals surface area contributed by atoms with Gasteiger partial charge in [0.1, 0.15) is 22.8 Å². The first-order valence-electron chi connectivity index (χ1n) is 10.8. The maximum absolute atomic E-state index is 14.2. The zero-order chi connectivity index (χ0) is 26.1. The van der Waals surface area contributed by atoms with E-state index in [1.807, 2.05) is 0 Å². The predicted octanol–water partition coefficient (Wildman–Crippen LogP) is 4.05. The largest absolute Gasteiger partial charge is 0.491 e. The van der Waals surface area contributed by atoms with E-state index < -0.39 is 35.7 Å². The quantitative estimate of drug-likeness (QED) is 0.328.